The number of hydrogen-bond acceptors (Lipinski definition) is 4. The first-order valence-electron chi connectivity index (χ1n) is 7.05. The van der Waals surface area contributed by atoms with Gasteiger partial charge in [-0.3, -0.25) is 14.6 Å². The third-order valence-corrected chi connectivity index (χ3v) is 3.51. The van der Waals surface area contributed by atoms with E-state index in [0.29, 0.717) is 23.2 Å². The molecule has 6 nitrogen and oxygen atoms in total. The van der Waals surface area contributed by atoms with E-state index in [1.54, 1.807) is 36.7 Å². The summed E-state index contributed by atoms with van der Waals surface area (Å²) in [5.41, 5.74) is 1.25. The second kappa shape index (κ2) is 6.31. The highest BCUT2D eigenvalue weighted by Crippen LogP contribution is 2.16. The lowest BCUT2D eigenvalue weighted by molar-refractivity contribution is 0.0949. The summed E-state index contributed by atoms with van der Waals surface area (Å²) < 4.78 is 5.12. The quantitative estimate of drug-likeness (QED) is 0.770. The average Bonchev–Trinajstić information content (AvgIpc) is 2.60. The highest BCUT2D eigenvalue weighted by Gasteiger charge is 2.13. The minimum Gasteiger partial charge on any atom is -0.497 e. The zero-order valence-corrected chi connectivity index (χ0v) is 12.5. The number of carbonyl (C=O) groups excluding carboxylic acids is 1. The Morgan fingerprint density at radius 2 is 2.22 bits per heavy atom. The zero-order valence-electron chi connectivity index (χ0n) is 12.5. The fourth-order valence-electron chi connectivity index (χ4n) is 2.27. The smallest absolute Gasteiger partial charge is 0.257 e. The molecule has 23 heavy (non-hydrogen) atoms. The molecular weight excluding hydrogens is 294 g/mol. The second-order valence-corrected chi connectivity index (χ2v) is 4.99. The lowest BCUT2D eigenvalue weighted by Crippen LogP contribution is -2.28. The maximum Gasteiger partial charge on any atom is 0.257 e. The van der Waals surface area contributed by atoms with Gasteiger partial charge in [0.1, 0.15) is 11.3 Å². The Kier molecular flexibility index (Phi) is 4.05. The van der Waals surface area contributed by atoms with Crippen molar-refractivity contribution in [2.45, 2.75) is 6.54 Å². The van der Waals surface area contributed by atoms with Crippen molar-refractivity contribution in [2.24, 2.45) is 0 Å². The van der Waals surface area contributed by atoms with E-state index in [4.69, 9.17) is 4.74 Å². The number of nitrogens with zero attached hydrogens (tertiary/aromatic N) is 1. The molecule has 0 aliphatic heterocycles. The molecule has 0 saturated heterocycles. The highest BCUT2D eigenvalue weighted by molar-refractivity contribution is 5.97. The number of carbonyl (C=O) groups is 1. The number of aromatic nitrogens is 2. The van der Waals surface area contributed by atoms with E-state index >= 15 is 0 Å². The lowest BCUT2D eigenvalue weighted by Gasteiger charge is -2.07. The summed E-state index contributed by atoms with van der Waals surface area (Å²) >= 11 is 0. The first kappa shape index (κ1) is 14.8. The monoisotopic (exact) mass is 309 g/mol. The van der Waals surface area contributed by atoms with Crippen LogP contribution in [0.4, 0.5) is 0 Å². The first-order chi connectivity index (χ1) is 11.2. The number of nitrogens with one attached hydrogen (secondary N) is 2. The Hall–Kier alpha value is -3.15. The van der Waals surface area contributed by atoms with Crippen LogP contribution in [0.5, 0.6) is 5.75 Å². The van der Waals surface area contributed by atoms with Gasteiger partial charge in [-0.15, -0.1) is 0 Å². The summed E-state index contributed by atoms with van der Waals surface area (Å²) in [6.45, 7) is 0.308. The summed E-state index contributed by atoms with van der Waals surface area (Å²) in [6.07, 6.45) is 4.75. The molecule has 0 atom stereocenters. The molecule has 0 aliphatic carbocycles. The van der Waals surface area contributed by atoms with Crippen molar-refractivity contribution < 1.29 is 9.53 Å². The van der Waals surface area contributed by atoms with Gasteiger partial charge in [0.05, 0.1) is 7.11 Å². The molecule has 2 N–H and O–H groups in total. The molecule has 0 bridgehead atoms. The largest absolute Gasteiger partial charge is 0.497 e. The minimum absolute atomic E-state index is 0.0645. The van der Waals surface area contributed by atoms with Crippen LogP contribution in [0.15, 0.2) is 53.7 Å². The van der Waals surface area contributed by atoms with Gasteiger partial charge in [-0.1, -0.05) is 6.07 Å². The van der Waals surface area contributed by atoms with Crippen molar-refractivity contribution in [3.05, 3.63) is 70.3 Å². The highest BCUT2D eigenvalue weighted by atomic mass is 16.5. The molecule has 0 radical (unpaired) electrons. The van der Waals surface area contributed by atoms with Crippen LogP contribution in [0.1, 0.15) is 15.9 Å². The molecule has 3 rings (SSSR count). The van der Waals surface area contributed by atoms with E-state index in [2.05, 4.69) is 15.3 Å². The Balaban J connectivity index is 1.88. The standard InChI is InChI=1S/C17H15N3O3/c1-23-12-4-5-15-13(7-12)16(21)14(10-19-15)17(22)20-9-11-3-2-6-18-8-11/h2-8,10H,9H2,1H3,(H,19,21)(H,20,22). The molecule has 0 aliphatic rings. The van der Waals surface area contributed by atoms with Crippen LogP contribution in [-0.4, -0.2) is 23.0 Å². The van der Waals surface area contributed by atoms with E-state index in [0.717, 1.165) is 5.56 Å². The number of H-pyrrole nitrogens is 1. The molecule has 3 aromatic rings. The van der Waals surface area contributed by atoms with Gasteiger partial charge in [0.2, 0.25) is 5.43 Å². The Morgan fingerprint density at radius 3 is 2.96 bits per heavy atom. The summed E-state index contributed by atoms with van der Waals surface area (Å²) in [4.78, 5) is 31.7. The van der Waals surface area contributed by atoms with Crippen molar-refractivity contribution in [1.29, 1.82) is 0 Å². The third-order valence-electron chi connectivity index (χ3n) is 3.51. The topological polar surface area (TPSA) is 84.1 Å². The number of hydrogen-bond donors (Lipinski definition) is 2. The van der Waals surface area contributed by atoms with Crippen molar-refractivity contribution in [2.75, 3.05) is 7.11 Å². The van der Waals surface area contributed by atoms with Crippen LogP contribution in [0.25, 0.3) is 10.9 Å². The fourth-order valence-corrected chi connectivity index (χ4v) is 2.27. The summed E-state index contributed by atoms with van der Waals surface area (Å²) in [5, 5.41) is 3.13. The molecule has 6 heteroatoms. The minimum atomic E-state index is -0.431. The van der Waals surface area contributed by atoms with Gasteiger partial charge in [0, 0.05) is 36.0 Å². The third kappa shape index (κ3) is 3.06. The van der Waals surface area contributed by atoms with Crippen molar-refractivity contribution in [1.82, 2.24) is 15.3 Å². The lowest BCUT2D eigenvalue weighted by atomic mass is 10.1. The maximum atomic E-state index is 12.5. The summed E-state index contributed by atoms with van der Waals surface area (Å²) in [7, 11) is 1.53. The van der Waals surface area contributed by atoms with Crippen molar-refractivity contribution >= 4 is 16.8 Å². The van der Waals surface area contributed by atoms with Gasteiger partial charge in [-0.05, 0) is 29.8 Å². The summed E-state index contributed by atoms with van der Waals surface area (Å²) in [5.74, 6) is 0.135. The molecule has 2 heterocycles. The molecule has 0 fully saturated rings. The predicted molar refractivity (Wildman–Crippen MR) is 86.5 cm³/mol. The van der Waals surface area contributed by atoms with E-state index in [9.17, 15) is 9.59 Å². The number of benzene rings is 1. The number of amides is 1. The van der Waals surface area contributed by atoms with Crippen molar-refractivity contribution in [3.8, 4) is 5.75 Å². The first-order valence-corrected chi connectivity index (χ1v) is 7.05. The summed E-state index contributed by atoms with van der Waals surface area (Å²) in [6, 6.07) is 8.75. The van der Waals surface area contributed by atoms with Crippen LogP contribution < -0.4 is 15.5 Å². The van der Waals surface area contributed by atoms with Gasteiger partial charge < -0.3 is 15.0 Å². The number of pyridine rings is 2. The van der Waals surface area contributed by atoms with Gasteiger partial charge in [0.15, 0.2) is 0 Å². The van der Waals surface area contributed by atoms with Gasteiger partial charge in [-0.2, -0.15) is 0 Å². The Labute approximate surface area is 132 Å². The van der Waals surface area contributed by atoms with E-state index in [1.165, 1.54) is 13.3 Å². The molecule has 0 saturated carbocycles. The predicted octanol–water partition coefficient (Wildman–Crippen LogP) is 1.86. The maximum absolute atomic E-state index is 12.5. The normalized spacial score (nSPS) is 10.5. The molecular formula is C17H15N3O3. The average molecular weight is 309 g/mol. The Morgan fingerprint density at radius 1 is 1.35 bits per heavy atom. The van der Waals surface area contributed by atoms with Crippen LogP contribution >= 0.6 is 0 Å². The van der Waals surface area contributed by atoms with Crippen LogP contribution in [0.2, 0.25) is 0 Å². The SMILES string of the molecule is COc1ccc2[nH]cc(C(=O)NCc3cccnc3)c(=O)c2c1. The molecule has 0 spiro atoms. The number of fused-ring (bicyclic) bond motifs is 1. The van der Waals surface area contributed by atoms with E-state index < -0.39 is 5.91 Å². The zero-order chi connectivity index (χ0) is 16.2. The van der Waals surface area contributed by atoms with Crippen molar-refractivity contribution in [3.63, 3.8) is 0 Å². The molecule has 0 unspecified atom stereocenters. The van der Waals surface area contributed by atoms with E-state index in [1.807, 2.05) is 6.07 Å². The van der Waals surface area contributed by atoms with Gasteiger partial charge >= 0.3 is 0 Å². The Bertz CT molecular complexity index is 904. The molecule has 1 amide bonds. The second-order valence-electron chi connectivity index (χ2n) is 4.99. The number of aromatic amines is 1. The van der Waals surface area contributed by atoms with E-state index in [-0.39, 0.29) is 11.0 Å². The van der Waals surface area contributed by atoms with Crippen LogP contribution in [0, 0.1) is 0 Å². The number of rotatable bonds is 4. The van der Waals surface area contributed by atoms with Gasteiger partial charge in [0.25, 0.3) is 5.91 Å². The number of ether oxygens (including phenoxy) is 1. The molecule has 116 valence electrons. The van der Waals surface area contributed by atoms with Gasteiger partial charge in [-0.25, -0.2) is 0 Å². The number of methoxy groups -OCH3 is 1. The fraction of sp³-hybridized carbons (Fsp3) is 0.118. The van der Waals surface area contributed by atoms with Crippen LogP contribution in [-0.2, 0) is 6.54 Å². The molecule has 2 aromatic heterocycles. The molecule has 1 aromatic carbocycles. The van der Waals surface area contributed by atoms with Crippen LogP contribution in [0.3, 0.4) is 0 Å².